The Kier molecular flexibility index (Phi) is 5.39. The van der Waals surface area contributed by atoms with Gasteiger partial charge in [-0.15, -0.1) is 0 Å². The summed E-state index contributed by atoms with van der Waals surface area (Å²) in [5, 5.41) is 7.75. The second-order valence-electron chi connectivity index (χ2n) is 4.66. The van der Waals surface area contributed by atoms with E-state index < -0.39 is 0 Å². The van der Waals surface area contributed by atoms with Crippen molar-refractivity contribution in [2.75, 3.05) is 7.05 Å². The summed E-state index contributed by atoms with van der Waals surface area (Å²) in [4.78, 5) is 4.53. The molecule has 20 heavy (non-hydrogen) atoms. The molecule has 0 saturated carbocycles. The summed E-state index contributed by atoms with van der Waals surface area (Å²) in [7, 11) is 1.92. The first-order valence-corrected chi connectivity index (χ1v) is 8.54. The van der Waals surface area contributed by atoms with Gasteiger partial charge in [-0.25, -0.2) is 0 Å². The standard InChI is InChI=1S/C13H15Br3N4/c1-7(2)20-13(10(16)6-19-20)12(17-3)11-9(15)4-8(14)5-18-11/h4-7,12,17H,1-3H3. The molecule has 2 aromatic rings. The van der Waals surface area contributed by atoms with Crippen LogP contribution in [0.5, 0.6) is 0 Å². The van der Waals surface area contributed by atoms with Crippen LogP contribution in [0.1, 0.15) is 37.3 Å². The van der Waals surface area contributed by atoms with Crippen LogP contribution in [0.3, 0.4) is 0 Å². The van der Waals surface area contributed by atoms with Crippen LogP contribution in [0.2, 0.25) is 0 Å². The van der Waals surface area contributed by atoms with Crippen molar-refractivity contribution in [3.05, 3.63) is 43.3 Å². The zero-order valence-electron chi connectivity index (χ0n) is 11.4. The van der Waals surface area contributed by atoms with Gasteiger partial charge in [0.2, 0.25) is 0 Å². The third kappa shape index (κ3) is 3.16. The normalized spacial score (nSPS) is 12.9. The van der Waals surface area contributed by atoms with Gasteiger partial charge >= 0.3 is 0 Å². The van der Waals surface area contributed by atoms with Crippen molar-refractivity contribution in [3.63, 3.8) is 0 Å². The first-order valence-electron chi connectivity index (χ1n) is 6.16. The lowest BCUT2D eigenvalue weighted by Crippen LogP contribution is -2.24. The van der Waals surface area contributed by atoms with Crippen LogP contribution in [-0.4, -0.2) is 21.8 Å². The van der Waals surface area contributed by atoms with E-state index in [-0.39, 0.29) is 12.1 Å². The molecule has 0 spiro atoms. The lowest BCUT2D eigenvalue weighted by Gasteiger charge is -2.21. The molecule has 0 fully saturated rings. The second-order valence-corrected chi connectivity index (χ2v) is 7.28. The minimum atomic E-state index is -0.0447. The smallest absolute Gasteiger partial charge is 0.0942 e. The van der Waals surface area contributed by atoms with Crippen molar-refractivity contribution in [1.82, 2.24) is 20.1 Å². The Labute approximate surface area is 143 Å². The maximum atomic E-state index is 4.53. The first kappa shape index (κ1) is 16.1. The molecular formula is C13H15Br3N4. The zero-order chi connectivity index (χ0) is 14.9. The highest BCUT2D eigenvalue weighted by molar-refractivity contribution is 9.11. The molecule has 4 nitrogen and oxygen atoms in total. The Morgan fingerprint density at radius 2 is 1.85 bits per heavy atom. The van der Waals surface area contributed by atoms with Crippen LogP contribution >= 0.6 is 47.8 Å². The van der Waals surface area contributed by atoms with E-state index in [4.69, 9.17) is 0 Å². The lowest BCUT2D eigenvalue weighted by atomic mass is 10.1. The number of hydrogen-bond donors (Lipinski definition) is 1. The summed E-state index contributed by atoms with van der Waals surface area (Å²) in [6.07, 6.45) is 3.63. The molecule has 0 aliphatic carbocycles. The van der Waals surface area contributed by atoms with Gasteiger partial charge in [0.15, 0.2) is 0 Å². The summed E-state index contributed by atoms with van der Waals surface area (Å²) in [5.74, 6) is 0. The quantitative estimate of drug-likeness (QED) is 0.723. The van der Waals surface area contributed by atoms with Gasteiger partial charge in [-0.2, -0.15) is 5.10 Å². The van der Waals surface area contributed by atoms with Crippen LogP contribution in [0.15, 0.2) is 31.9 Å². The predicted octanol–water partition coefficient (Wildman–Crippen LogP) is 4.46. The molecule has 0 aromatic carbocycles. The van der Waals surface area contributed by atoms with E-state index in [9.17, 15) is 0 Å². The van der Waals surface area contributed by atoms with E-state index >= 15 is 0 Å². The minimum Gasteiger partial charge on any atom is -0.307 e. The van der Waals surface area contributed by atoms with Gasteiger partial charge in [0.1, 0.15) is 0 Å². The highest BCUT2D eigenvalue weighted by Crippen LogP contribution is 2.33. The van der Waals surface area contributed by atoms with E-state index in [1.165, 1.54) is 0 Å². The highest BCUT2D eigenvalue weighted by atomic mass is 79.9. The summed E-state index contributed by atoms with van der Waals surface area (Å²) in [6, 6.07) is 2.23. The van der Waals surface area contributed by atoms with Crippen molar-refractivity contribution in [2.45, 2.75) is 25.9 Å². The maximum Gasteiger partial charge on any atom is 0.0942 e. The van der Waals surface area contributed by atoms with Gasteiger partial charge in [0.25, 0.3) is 0 Å². The van der Waals surface area contributed by atoms with E-state index in [0.717, 1.165) is 24.8 Å². The Morgan fingerprint density at radius 3 is 2.40 bits per heavy atom. The summed E-state index contributed by atoms with van der Waals surface area (Å²) in [6.45, 7) is 4.22. The van der Waals surface area contributed by atoms with Gasteiger partial charge in [0.05, 0.1) is 28.1 Å². The Hall–Kier alpha value is -0.240. The van der Waals surface area contributed by atoms with Crippen LogP contribution in [0, 0.1) is 0 Å². The van der Waals surface area contributed by atoms with Crippen molar-refractivity contribution in [2.24, 2.45) is 0 Å². The number of rotatable bonds is 4. The summed E-state index contributed by atoms with van der Waals surface area (Å²) in [5.41, 5.74) is 2.00. The topological polar surface area (TPSA) is 42.7 Å². The second kappa shape index (κ2) is 6.68. The predicted molar refractivity (Wildman–Crippen MR) is 90.9 cm³/mol. The van der Waals surface area contributed by atoms with E-state index in [1.54, 1.807) is 6.20 Å². The average Bonchev–Trinajstić information content (AvgIpc) is 2.75. The molecule has 2 heterocycles. The van der Waals surface area contributed by atoms with Gasteiger partial charge in [0, 0.05) is 21.2 Å². The molecule has 2 rings (SSSR count). The van der Waals surface area contributed by atoms with Gasteiger partial charge in [-0.3, -0.25) is 9.67 Å². The molecule has 0 saturated heterocycles. The molecule has 0 bridgehead atoms. The Bertz CT molecular complexity index is 610. The van der Waals surface area contributed by atoms with E-state index in [2.05, 4.69) is 77.0 Å². The fraction of sp³-hybridized carbons (Fsp3) is 0.385. The van der Waals surface area contributed by atoms with Crippen molar-refractivity contribution >= 4 is 47.8 Å². The molecule has 0 aliphatic rings. The first-order chi connectivity index (χ1) is 9.45. The molecule has 1 unspecified atom stereocenters. The molecular weight excluding hydrogens is 452 g/mol. The molecule has 0 amide bonds. The third-order valence-corrected chi connectivity index (χ3v) is 4.63. The fourth-order valence-corrected chi connectivity index (χ4v) is 3.79. The van der Waals surface area contributed by atoms with Crippen LogP contribution in [0.4, 0.5) is 0 Å². The van der Waals surface area contributed by atoms with Crippen molar-refractivity contribution < 1.29 is 0 Å². The summed E-state index contributed by atoms with van der Waals surface area (Å²) >= 11 is 10.6. The van der Waals surface area contributed by atoms with Gasteiger partial charge < -0.3 is 5.32 Å². The fourth-order valence-electron chi connectivity index (χ4n) is 2.07. The maximum absolute atomic E-state index is 4.53. The summed E-state index contributed by atoms with van der Waals surface area (Å²) < 4.78 is 4.87. The lowest BCUT2D eigenvalue weighted by molar-refractivity contribution is 0.479. The molecule has 1 atom stereocenters. The minimum absolute atomic E-state index is 0.0447. The van der Waals surface area contributed by atoms with Crippen molar-refractivity contribution in [1.29, 1.82) is 0 Å². The Morgan fingerprint density at radius 1 is 1.15 bits per heavy atom. The molecule has 108 valence electrons. The van der Waals surface area contributed by atoms with E-state index in [0.29, 0.717) is 0 Å². The number of aromatic nitrogens is 3. The largest absolute Gasteiger partial charge is 0.307 e. The molecule has 7 heteroatoms. The molecule has 0 aliphatic heterocycles. The van der Waals surface area contributed by atoms with Crippen LogP contribution in [0.25, 0.3) is 0 Å². The average molecular weight is 467 g/mol. The van der Waals surface area contributed by atoms with Gasteiger partial charge in [-0.1, -0.05) is 0 Å². The van der Waals surface area contributed by atoms with Crippen molar-refractivity contribution in [3.8, 4) is 0 Å². The number of pyridine rings is 1. The number of hydrogen-bond acceptors (Lipinski definition) is 3. The zero-order valence-corrected chi connectivity index (χ0v) is 16.1. The van der Waals surface area contributed by atoms with Crippen LogP contribution in [-0.2, 0) is 0 Å². The van der Waals surface area contributed by atoms with E-state index in [1.807, 2.05) is 24.0 Å². The van der Waals surface area contributed by atoms with Crippen LogP contribution < -0.4 is 5.32 Å². The molecule has 0 radical (unpaired) electrons. The SMILES string of the molecule is CNC(c1ncc(Br)cc1Br)c1c(Br)cnn1C(C)C. The van der Waals surface area contributed by atoms with Gasteiger partial charge in [-0.05, 0) is 74.8 Å². The molecule has 1 N–H and O–H groups in total. The third-order valence-electron chi connectivity index (χ3n) is 2.95. The number of nitrogens with zero attached hydrogens (tertiary/aromatic N) is 3. The number of halogens is 3. The monoisotopic (exact) mass is 464 g/mol. The Balaban J connectivity index is 2.55. The highest BCUT2D eigenvalue weighted by Gasteiger charge is 2.24. The number of nitrogens with one attached hydrogen (secondary N) is 1. The molecule has 2 aromatic heterocycles.